The largest absolute Gasteiger partial charge is 0.481 e. The minimum absolute atomic E-state index is 0.0940. The van der Waals surface area contributed by atoms with Crippen molar-refractivity contribution in [1.82, 2.24) is 20.4 Å². The van der Waals surface area contributed by atoms with Crippen molar-refractivity contribution in [1.29, 1.82) is 0 Å². The molecule has 12 nitrogen and oxygen atoms in total. The molecule has 1 aromatic carbocycles. The molecular formula is C34H47N5O7. The number of carbonyl (C=O) groups excluding carboxylic acids is 4. The molecule has 1 aromatic rings. The Morgan fingerprint density at radius 1 is 1.11 bits per heavy atom. The number of carbonyl (C=O) groups is 5. The van der Waals surface area contributed by atoms with Crippen molar-refractivity contribution in [3.05, 3.63) is 47.5 Å². The van der Waals surface area contributed by atoms with E-state index in [1.807, 2.05) is 30.4 Å². The molecule has 1 aliphatic carbocycles. The molecular weight excluding hydrogens is 590 g/mol. The van der Waals surface area contributed by atoms with Crippen molar-refractivity contribution < 1.29 is 33.8 Å². The Hall–Kier alpha value is -4.22. The molecule has 5 amide bonds. The van der Waals surface area contributed by atoms with Crippen molar-refractivity contribution in [2.75, 3.05) is 13.1 Å². The first-order valence-electron chi connectivity index (χ1n) is 16.2. The SMILES string of the molecule is C=NC(=O)[C@@H]1C[C@@H](NC(=O)N2CCc3ccccc3C2)CN1C(=O)[C@H](CCCCC/C=C\[C@@H]1C[C@@H]1C(=O)O)NC(=O)OC(C)(C)C. The summed E-state index contributed by atoms with van der Waals surface area (Å²) in [4.78, 5) is 70.4. The van der Waals surface area contributed by atoms with Crippen LogP contribution in [-0.4, -0.2) is 88.3 Å². The van der Waals surface area contributed by atoms with E-state index in [9.17, 15) is 24.0 Å². The number of carboxylic acids is 1. The summed E-state index contributed by atoms with van der Waals surface area (Å²) in [6.07, 6.45) is 8.24. The number of amides is 5. The number of carboxylic acid groups (broad SMARTS) is 1. The summed E-state index contributed by atoms with van der Waals surface area (Å²) in [5.74, 6) is -1.92. The number of ether oxygens (including phenoxy) is 1. The number of urea groups is 1. The first-order valence-corrected chi connectivity index (χ1v) is 16.2. The lowest BCUT2D eigenvalue weighted by Crippen LogP contribution is -2.53. The van der Waals surface area contributed by atoms with Gasteiger partial charge in [0, 0.05) is 19.6 Å². The van der Waals surface area contributed by atoms with Crippen LogP contribution in [0.1, 0.15) is 76.8 Å². The van der Waals surface area contributed by atoms with Gasteiger partial charge in [0.1, 0.15) is 17.7 Å². The van der Waals surface area contributed by atoms with E-state index in [1.165, 1.54) is 10.5 Å². The molecule has 0 unspecified atom stereocenters. The maximum atomic E-state index is 13.9. The maximum absolute atomic E-state index is 13.9. The van der Waals surface area contributed by atoms with E-state index in [-0.39, 0.29) is 30.8 Å². The Labute approximate surface area is 270 Å². The number of allylic oxidation sites excluding steroid dienone is 2. The topological polar surface area (TPSA) is 158 Å². The number of fused-ring (bicyclic) bond motifs is 1. The van der Waals surface area contributed by atoms with Gasteiger partial charge in [0.25, 0.3) is 5.91 Å². The summed E-state index contributed by atoms with van der Waals surface area (Å²) in [7, 11) is 0. The fourth-order valence-corrected chi connectivity index (χ4v) is 6.14. The molecule has 3 aliphatic rings. The minimum atomic E-state index is -0.943. The zero-order valence-corrected chi connectivity index (χ0v) is 27.1. The number of benzene rings is 1. The third-order valence-corrected chi connectivity index (χ3v) is 8.66. The number of nitrogens with one attached hydrogen (secondary N) is 2. The normalized spacial score (nSPS) is 22.9. The van der Waals surface area contributed by atoms with Crippen molar-refractivity contribution >= 4 is 36.6 Å². The number of likely N-dealkylation sites (tertiary alicyclic amines) is 1. The van der Waals surface area contributed by atoms with Crippen LogP contribution in [0, 0.1) is 11.8 Å². The summed E-state index contributed by atoms with van der Waals surface area (Å²) < 4.78 is 5.43. The number of unbranched alkanes of at least 4 members (excludes halogenated alkanes) is 3. The number of hydrogen-bond donors (Lipinski definition) is 3. The van der Waals surface area contributed by atoms with Crippen molar-refractivity contribution in [3.8, 4) is 0 Å². The van der Waals surface area contributed by atoms with Crippen LogP contribution in [0.5, 0.6) is 0 Å². The number of aliphatic imine (C=N–C) groups is 1. The van der Waals surface area contributed by atoms with Gasteiger partial charge in [-0.05, 0) is 83.1 Å². The van der Waals surface area contributed by atoms with Gasteiger partial charge in [0.15, 0.2) is 0 Å². The number of hydrogen-bond acceptors (Lipinski definition) is 6. The summed E-state index contributed by atoms with van der Waals surface area (Å²) in [5.41, 5.74) is 1.55. The van der Waals surface area contributed by atoms with Gasteiger partial charge in [0.2, 0.25) is 5.91 Å². The van der Waals surface area contributed by atoms with Crippen LogP contribution in [0.3, 0.4) is 0 Å². The lowest BCUT2D eigenvalue weighted by atomic mass is 10.0. The molecule has 1 saturated carbocycles. The lowest BCUT2D eigenvalue weighted by molar-refractivity contribution is -0.139. The van der Waals surface area contributed by atoms with E-state index >= 15 is 0 Å². The first kappa shape index (κ1) is 34.6. The van der Waals surface area contributed by atoms with Crippen molar-refractivity contribution in [2.45, 2.75) is 102 Å². The van der Waals surface area contributed by atoms with E-state index in [0.29, 0.717) is 32.4 Å². The smallest absolute Gasteiger partial charge is 0.408 e. The molecule has 46 heavy (non-hydrogen) atoms. The fraction of sp³-hybridized carbons (Fsp3) is 0.588. The van der Waals surface area contributed by atoms with Crippen LogP contribution in [0.4, 0.5) is 9.59 Å². The molecule has 250 valence electrons. The van der Waals surface area contributed by atoms with Crippen LogP contribution in [0.2, 0.25) is 0 Å². The minimum Gasteiger partial charge on any atom is -0.481 e. The Bertz CT molecular complexity index is 1340. The quantitative estimate of drug-likeness (QED) is 0.177. The van der Waals surface area contributed by atoms with E-state index in [1.54, 1.807) is 25.7 Å². The van der Waals surface area contributed by atoms with Crippen LogP contribution in [-0.2, 0) is 32.1 Å². The van der Waals surface area contributed by atoms with Gasteiger partial charge in [-0.1, -0.05) is 49.3 Å². The zero-order chi connectivity index (χ0) is 33.4. The van der Waals surface area contributed by atoms with Crippen LogP contribution in [0.15, 0.2) is 41.4 Å². The van der Waals surface area contributed by atoms with E-state index in [2.05, 4.69) is 28.4 Å². The average molecular weight is 638 g/mol. The molecule has 2 heterocycles. The molecule has 0 radical (unpaired) electrons. The Morgan fingerprint density at radius 2 is 1.85 bits per heavy atom. The highest BCUT2D eigenvalue weighted by Gasteiger charge is 2.43. The van der Waals surface area contributed by atoms with Crippen molar-refractivity contribution in [2.24, 2.45) is 16.8 Å². The van der Waals surface area contributed by atoms with Crippen LogP contribution >= 0.6 is 0 Å². The fourth-order valence-electron chi connectivity index (χ4n) is 6.14. The highest BCUT2D eigenvalue weighted by molar-refractivity contribution is 5.93. The number of nitrogens with zero attached hydrogens (tertiary/aromatic N) is 3. The van der Waals surface area contributed by atoms with E-state index < -0.39 is 47.6 Å². The molecule has 5 atom stereocenters. The molecule has 0 bridgehead atoms. The molecule has 4 rings (SSSR count). The van der Waals surface area contributed by atoms with Gasteiger partial charge in [-0.15, -0.1) is 0 Å². The second kappa shape index (κ2) is 15.4. The van der Waals surface area contributed by atoms with Crippen LogP contribution < -0.4 is 10.6 Å². The number of rotatable bonds is 12. The highest BCUT2D eigenvalue weighted by Crippen LogP contribution is 2.39. The molecule has 3 N–H and O–H groups in total. The summed E-state index contributed by atoms with van der Waals surface area (Å²) in [6, 6.07) is 5.41. The molecule has 0 aromatic heterocycles. The molecule has 2 fully saturated rings. The first-order chi connectivity index (χ1) is 21.9. The standard InChI is InChI=1S/C34H47N5O7/c1-34(2,3)46-33(45)37-27(15-9-7-5-6-8-13-23-18-26(23)31(42)43)30(41)39-21-25(19-28(39)29(40)35-4)36-32(44)38-17-16-22-12-10-11-14-24(22)20-38/h8,10-14,23,25-28H,4-7,9,15-21H2,1-3H3,(H,36,44)(H,37,45)(H,42,43)/b13-8-/t23-,25-,26+,27+,28+/m1/s1. The van der Waals surface area contributed by atoms with Gasteiger partial charge in [-0.3, -0.25) is 14.4 Å². The maximum Gasteiger partial charge on any atom is 0.408 e. The van der Waals surface area contributed by atoms with Gasteiger partial charge >= 0.3 is 18.1 Å². The highest BCUT2D eigenvalue weighted by atomic mass is 16.6. The van der Waals surface area contributed by atoms with Gasteiger partial charge in [0.05, 0.1) is 12.0 Å². The summed E-state index contributed by atoms with van der Waals surface area (Å²) >= 11 is 0. The predicted molar refractivity (Wildman–Crippen MR) is 172 cm³/mol. The van der Waals surface area contributed by atoms with Crippen molar-refractivity contribution in [3.63, 3.8) is 0 Å². The van der Waals surface area contributed by atoms with Gasteiger partial charge < -0.3 is 30.3 Å². The molecule has 1 saturated heterocycles. The molecule has 12 heteroatoms. The summed E-state index contributed by atoms with van der Waals surface area (Å²) in [6.45, 7) is 9.71. The van der Waals surface area contributed by atoms with E-state index in [0.717, 1.165) is 31.2 Å². The lowest BCUT2D eigenvalue weighted by Gasteiger charge is -2.30. The molecule has 2 aliphatic heterocycles. The number of alkyl carbamates (subject to hydrolysis) is 1. The van der Waals surface area contributed by atoms with Gasteiger partial charge in [-0.25, -0.2) is 14.6 Å². The monoisotopic (exact) mass is 637 g/mol. The Balaban J connectivity index is 1.36. The Kier molecular flexibility index (Phi) is 11.6. The zero-order valence-electron chi connectivity index (χ0n) is 27.1. The Morgan fingerprint density at radius 3 is 2.52 bits per heavy atom. The van der Waals surface area contributed by atoms with Crippen LogP contribution in [0.25, 0.3) is 0 Å². The third kappa shape index (κ3) is 9.64. The summed E-state index contributed by atoms with van der Waals surface area (Å²) in [5, 5.41) is 14.8. The number of aliphatic carboxylic acids is 1. The third-order valence-electron chi connectivity index (χ3n) is 8.66. The second-order valence-electron chi connectivity index (χ2n) is 13.4. The average Bonchev–Trinajstić information content (AvgIpc) is 3.68. The van der Waals surface area contributed by atoms with Gasteiger partial charge in [-0.2, -0.15) is 0 Å². The second-order valence-corrected chi connectivity index (χ2v) is 13.4. The predicted octanol–water partition coefficient (Wildman–Crippen LogP) is 4.07. The molecule has 0 spiro atoms. The van der Waals surface area contributed by atoms with E-state index in [4.69, 9.17) is 9.84 Å².